The number of esters is 1. The molecule has 9 heteroatoms. The van der Waals surface area contributed by atoms with Crippen molar-refractivity contribution in [3.05, 3.63) is 35.5 Å². The Labute approximate surface area is 128 Å². The van der Waals surface area contributed by atoms with E-state index in [1.54, 1.807) is 0 Å². The van der Waals surface area contributed by atoms with Crippen molar-refractivity contribution in [2.45, 2.75) is 19.0 Å². The van der Waals surface area contributed by atoms with Gasteiger partial charge < -0.3 is 14.8 Å². The molecular formula is C14H14F5NO3. The molecule has 0 saturated carbocycles. The second-order valence-electron chi connectivity index (χ2n) is 4.42. The number of carbonyl (C=O) groups excluding carboxylic acids is 1. The molecule has 0 amide bonds. The third-order valence-electron chi connectivity index (χ3n) is 2.90. The fourth-order valence-electron chi connectivity index (χ4n) is 1.62. The summed E-state index contributed by atoms with van der Waals surface area (Å²) in [6.45, 7) is 0.817. The predicted octanol–water partition coefficient (Wildman–Crippen LogP) is 3.75. The van der Waals surface area contributed by atoms with Crippen molar-refractivity contribution in [2.24, 2.45) is 0 Å². The van der Waals surface area contributed by atoms with Crippen LogP contribution in [0.4, 0.5) is 27.6 Å². The monoisotopic (exact) mass is 339 g/mol. The van der Waals surface area contributed by atoms with Crippen LogP contribution in [0, 0.1) is 0 Å². The first-order chi connectivity index (χ1) is 10.5. The number of ether oxygens (including phenoxy) is 2. The van der Waals surface area contributed by atoms with Crippen LogP contribution in [-0.2, 0) is 9.53 Å². The van der Waals surface area contributed by atoms with Crippen LogP contribution >= 0.6 is 0 Å². The van der Waals surface area contributed by atoms with Gasteiger partial charge in [0, 0.05) is 5.69 Å². The van der Waals surface area contributed by atoms with Crippen molar-refractivity contribution in [3.8, 4) is 5.75 Å². The molecule has 0 aliphatic rings. The van der Waals surface area contributed by atoms with Gasteiger partial charge in [0.15, 0.2) is 0 Å². The minimum Gasteiger partial charge on any atom is -0.497 e. The maximum absolute atomic E-state index is 13.7. The lowest BCUT2D eigenvalue weighted by molar-refractivity contribution is -0.264. The molecule has 0 radical (unpaired) electrons. The summed E-state index contributed by atoms with van der Waals surface area (Å²) in [6, 6.07) is 5.18. The average Bonchev–Trinajstić information content (AvgIpc) is 2.50. The van der Waals surface area contributed by atoms with Gasteiger partial charge in [-0.25, -0.2) is 4.79 Å². The van der Waals surface area contributed by atoms with Crippen LogP contribution in [0.5, 0.6) is 5.75 Å². The molecule has 0 aromatic heterocycles. The fourth-order valence-corrected chi connectivity index (χ4v) is 1.62. The quantitative estimate of drug-likeness (QED) is 0.504. The van der Waals surface area contributed by atoms with Gasteiger partial charge in [0.1, 0.15) is 11.4 Å². The molecule has 0 spiro atoms. The number of hydrogen-bond acceptors (Lipinski definition) is 4. The van der Waals surface area contributed by atoms with E-state index in [-0.39, 0.29) is 5.69 Å². The summed E-state index contributed by atoms with van der Waals surface area (Å²) in [5.41, 5.74) is -2.55. The highest BCUT2D eigenvalue weighted by Crippen LogP contribution is 2.42. The van der Waals surface area contributed by atoms with Crippen LogP contribution in [0.25, 0.3) is 0 Å². The van der Waals surface area contributed by atoms with Gasteiger partial charge in [-0.1, -0.05) is 0 Å². The number of alkyl halides is 5. The molecule has 0 unspecified atom stereocenters. The van der Waals surface area contributed by atoms with E-state index in [0.29, 0.717) is 5.75 Å². The first-order valence-corrected chi connectivity index (χ1v) is 6.20. The maximum Gasteiger partial charge on any atom is 0.459 e. The van der Waals surface area contributed by atoms with Crippen LogP contribution < -0.4 is 10.1 Å². The summed E-state index contributed by atoms with van der Waals surface area (Å²) in [7, 11) is 2.25. The Balaban J connectivity index is 3.32. The first kappa shape index (κ1) is 18.7. The summed E-state index contributed by atoms with van der Waals surface area (Å²) < 4.78 is 74.4. The number of methoxy groups -OCH3 is 2. The van der Waals surface area contributed by atoms with E-state index in [0.717, 1.165) is 14.0 Å². The molecule has 1 aromatic rings. The van der Waals surface area contributed by atoms with Gasteiger partial charge in [-0.2, -0.15) is 22.0 Å². The van der Waals surface area contributed by atoms with Crippen molar-refractivity contribution in [2.75, 3.05) is 19.5 Å². The number of carbonyl (C=O) groups is 1. The summed E-state index contributed by atoms with van der Waals surface area (Å²) >= 11 is 0. The van der Waals surface area contributed by atoms with E-state index < -0.39 is 29.3 Å². The third-order valence-corrected chi connectivity index (χ3v) is 2.90. The Kier molecular flexibility index (Phi) is 5.57. The molecule has 1 N–H and O–H groups in total. The van der Waals surface area contributed by atoms with Crippen LogP contribution in [0.15, 0.2) is 35.5 Å². The van der Waals surface area contributed by atoms with Crippen LogP contribution in [0.3, 0.4) is 0 Å². The highest BCUT2D eigenvalue weighted by atomic mass is 19.4. The van der Waals surface area contributed by atoms with E-state index in [1.165, 1.54) is 31.4 Å². The lowest BCUT2D eigenvalue weighted by atomic mass is 10.1. The minimum absolute atomic E-state index is 0.0759. The largest absolute Gasteiger partial charge is 0.497 e. The number of nitrogens with one attached hydrogen (secondary N) is 1. The van der Waals surface area contributed by atoms with Gasteiger partial charge in [-0.3, -0.25) is 0 Å². The van der Waals surface area contributed by atoms with Crippen molar-refractivity contribution < 1.29 is 36.2 Å². The summed E-state index contributed by atoms with van der Waals surface area (Å²) in [5.74, 6) is -6.18. The normalized spacial score (nSPS) is 13.2. The molecule has 23 heavy (non-hydrogen) atoms. The predicted molar refractivity (Wildman–Crippen MR) is 72.3 cm³/mol. The third kappa shape index (κ3) is 4.11. The SMILES string of the molecule is COC(=O)/C(C)=C(\Nc1ccc(OC)cc1)C(F)(F)C(F)(F)F. The Morgan fingerprint density at radius 3 is 1.96 bits per heavy atom. The average molecular weight is 339 g/mol. The highest BCUT2D eigenvalue weighted by molar-refractivity contribution is 5.89. The molecule has 1 rings (SSSR count). The van der Waals surface area contributed by atoms with Gasteiger partial charge in [0.2, 0.25) is 0 Å². The molecule has 1 aromatic carbocycles. The lowest BCUT2D eigenvalue weighted by Gasteiger charge is -2.25. The maximum atomic E-state index is 13.7. The number of benzene rings is 1. The van der Waals surface area contributed by atoms with Crippen LogP contribution in [0.2, 0.25) is 0 Å². The topological polar surface area (TPSA) is 47.6 Å². The van der Waals surface area contributed by atoms with Gasteiger partial charge in [0.05, 0.1) is 19.8 Å². The minimum atomic E-state index is -5.88. The number of allylic oxidation sites excluding steroid dienone is 1. The van der Waals surface area contributed by atoms with Crippen LogP contribution in [0.1, 0.15) is 6.92 Å². The van der Waals surface area contributed by atoms with E-state index >= 15 is 0 Å². The summed E-state index contributed by atoms with van der Waals surface area (Å²) in [4.78, 5) is 11.4. The van der Waals surface area contributed by atoms with Gasteiger partial charge in [0.25, 0.3) is 0 Å². The molecule has 0 aliphatic heterocycles. The second-order valence-corrected chi connectivity index (χ2v) is 4.42. The Bertz CT molecular complexity index is 593. The molecular weight excluding hydrogens is 325 g/mol. The van der Waals surface area contributed by atoms with Gasteiger partial charge >= 0.3 is 18.1 Å². The Morgan fingerprint density at radius 1 is 1.04 bits per heavy atom. The van der Waals surface area contributed by atoms with Crippen molar-refractivity contribution >= 4 is 11.7 Å². The lowest BCUT2D eigenvalue weighted by Crippen LogP contribution is -2.42. The van der Waals surface area contributed by atoms with Gasteiger partial charge in [-0.15, -0.1) is 0 Å². The van der Waals surface area contributed by atoms with E-state index in [1.807, 2.05) is 5.32 Å². The summed E-state index contributed by atoms with van der Waals surface area (Å²) in [6.07, 6.45) is -5.88. The van der Waals surface area contributed by atoms with E-state index in [9.17, 15) is 26.7 Å². The zero-order valence-electron chi connectivity index (χ0n) is 12.4. The van der Waals surface area contributed by atoms with Crippen molar-refractivity contribution in [3.63, 3.8) is 0 Å². The van der Waals surface area contributed by atoms with Crippen molar-refractivity contribution in [1.82, 2.24) is 0 Å². The second kappa shape index (κ2) is 6.84. The molecule has 0 fully saturated rings. The summed E-state index contributed by atoms with van der Waals surface area (Å²) in [5, 5.41) is 1.95. The fraction of sp³-hybridized carbons (Fsp3) is 0.357. The van der Waals surface area contributed by atoms with Crippen molar-refractivity contribution in [1.29, 1.82) is 0 Å². The molecule has 4 nitrogen and oxygen atoms in total. The molecule has 128 valence electrons. The smallest absolute Gasteiger partial charge is 0.459 e. The molecule has 0 atom stereocenters. The molecule has 0 saturated heterocycles. The number of rotatable bonds is 5. The van der Waals surface area contributed by atoms with E-state index in [2.05, 4.69) is 4.74 Å². The molecule has 0 heterocycles. The zero-order chi connectivity index (χ0) is 17.8. The van der Waals surface area contributed by atoms with E-state index in [4.69, 9.17) is 4.74 Å². The number of halogens is 5. The standard InChI is InChI=1S/C14H14F5NO3/c1-8(12(21)23-3)11(13(15,16)14(17,18)19)20-9-4-6-10(22-2)7-5-9/h4-7,20H,1-3H3/b11-8-. The Morgan fingerprint density at radius 2 is 1.57 bits per heavy atom. The Hall–Kier alpha value is -2.32. The molecule has 0 bridgehead atoms. The number of anilines is 1. The zero-order valence-corrected chi connectivity index (χ0v) is 12.4. The van der Waals surface area contributed by atoms with Crippen LogP contribution in [-0.4, -0.2) is 32.3 Å². The first-order valence-electron chi connectivity index (χ1n) is 6.20. The van der Waals surface area contributed by atoms with Gasteiger partial charge in [-0.05, 0) is 31.2 Å². The number of hydrogen-bond donors (Lipinski definition) is 1. The molecule has 0 aliphatic carbocycles. The highest BCUT2D eigenvalue weighted by Gasteiger charge is 2.61.